The summed E-state index contributed by atoms with van der Waals surface area (Å²) in [5.74, 6) is -1.14. The maximum absolute atomic E-state index is 13.4. The first-order valence-corrected chi connectivity index (χ1v) is 15.6. The molecule has 220 valence electrons. The highest BCUT2D eigenvalue weighted by molar-refractivity contribution is 8.00. The quantitative estimate of drug-likeness (QED) is 0.108. The number of carbonyl (C=O) groups excluding carboxylic acids is 3. The highest BCUT2D eigenvalue weighted by atomic mass is 35.5. The van der Waals surface area contributed by atoms with E-state index in [0.717, 1.165) is 10.5 Å². The van der Waals surface area contributed by atoms with E-state index in [1.165, 1.54) is 23.1 Å². The van der Waals surface area contributed by atoms with Gasteiger partial charge < -0.3 is 16.0 Å². The van der Waals surface area contributed by atoms with Crippen LogP contribution in [0.4, 0.5) is 10.8 Å². The van der Waals surface area contributed by atoms with Gasteiger partial charge in [0, 0.05) is 44.5 Å². The van der Waals surface area contributed by atoms with Crippen LogP contribution in [0.3, 0.4) is 0 Å². The molecule has 0 aliphatic carbocycles. The van der Waals surface area contributed by atoms with Crippen molar-refractivity contribution in [3.05, 3.63) is 131 Å². The van der Waals surface area contributed by atoms with E-state index >= 15 is 0 Å². The first-order chi connectivity index (χ1) is 21.4. The van der Waals surface area contributed by atoms with Crippen molar-refractivity contribution < 1.29 is 14.4 Å². The van der Waals surface area contributed by atoms with Gasteiger partial charge in [-0.25, -0.2) is 4.98 Å². The van der Waals surface area contributed by atoms with Crippen molar-refractivity contribution in [2.45, 2.75) is 17.1 Å². The van der Waals surface area contributed by atoms with Gasteiger partial charge >= 0.3 is 0 Å². The van der Waals surface area contributed by atoms with E-state index in [2.05, 4.69) is 25.9 Å². The fraction of sp³-hybridized carbons (Fsp3) is 0.0606. The number of thioether (sulfide) groups is 1. The molecule has 8 nitrogen and oxygen atoms in total. The number of benzene rings is 3. The van der Waals surface area contributed by atoms with Gasteiger partial charge in [0.15, 0.2) is 5.13 Å². The third kappa shape index (κ3) is 8.19. The van der Waals surface area contributed by atoms with Gasteiger partial charge in [-0.05, 0) is 61.0 Å². The Morgan fingerprint density at radius 2 is 1.73 bits per heavy atom. The fourth-order valence-corrected chi connectivity index (χ4v) is 5.88. The van der Waals surface area contributed by atoms with Gasteiger partial charge in [0.05, 0.1) is 10.9 Å². The Kier molecular flexibility index (Phi) is 10.2. The molecule has 2 heterocycles. The Hall–Kier alpha value is -4.77. The second-order valence-corrected chi connectivity index (χ2v) is 12.1. The zero-order valence-electron chi connectivity index (χ0n) is 23.4. The molecule has 0 spiro atoms. The van der Waals surface area contributed by atoms with Crippen molar-refractivity contribution in [1.29, 1.82) is 0 Å². The minimum absolute atomic E-state index is 0.0530. The van der Waals surface area contributed by atoms with Crippen molar-refractivity contribution in [3.8, 4) is 11.3 Å². The zero-order chi connectivity index (χ0) is 30.9. The lowest BCUT2D eigenvalue weighted by atomic mass is 10.2. The summed E-state index contributed by atoms with van der Waals surface area (Å²) < 4.78 is 0. The molecule has 0 bridgehead atoms. The minimum atomic E-state index is -0.510. The first kappa shape index (κ1) is 30.7. The predicted molar refractivity (Wildman–Crippen MR) is 178 cm³/mol. The number of nitrogens with zero attached hydrogens (tertiary/aromatic N) is 2. The van der Waals surface area contributed by atoms with Crippen molar-refractivity contribution >= 4 is 69.3 Å². The number of anilines is 2. The Bertz CT molecular complexity index is 1810. The zero-order valence-corrected chi connectivity index (χ0v) is 25.7. The summed E-state index contributed by atoms with van der Waals surface area (Å²) in [7, 11) is 0. The molecule has 3 amide bonds. The molecular weight excluding hydrogens is 614 g/mol. The van der Waals surface area contributed by atoms with Crippen molar-refractivity contribution in [2.75, 3.05) is 10.6 Å². The fourth-order valence-electron chi connectivity index (χ4n) is 4.00. The highest BCUT2D eigenvalue weighted by Crippen LogP contribution is 2.31. The third-order valence-corrected chi connectivity index (χ3v) is 8.36. The normalized spacial score (nSPS) is 11.8. The van der Waals surface area contributed by atoms with Crippen LogP contribution in [0.5, 0.6) is 0 Å². The Balaban J connectivity index is 1.24. The van der Waals surface area contributed by atoms with E-state index in [9.17, 15) is 14.4 Å². The molecule has 3 aromatic carbocycles. The second kappa shape index (κ2) is 14.6. The number of amides is 3. The smallest absolute Gasteiger partial charge is 0.272 e. The number of rotatable bonds is 10. The molecule has 0 aliphatic rings. The molecule has 5 rings (SSSR count). The summed E-state index contributed by atoms with van der Waals surface area (Å²) in [6.45, 7) is 1.79. The van der Waals surface area contributed by atoms with Gasteiger partial charge in [-0.3, -0.25) is 19.4 Å². The van der Waals surface area contributed by atoms with E-state index in [-0.39, 0.29) is 11.6 Å². The maximum atomic E-state index is 13.4. The van der Waals surface area contributed by atoms with E-state index in [1.54, 1.807) is 86.1 Å². The largest absolute Gasteiger partial charge is 0.321 e. The summed E-state index contributed by atoms with van der Waals surface area (Å²) in [5, 5.41) is 10.9. The molecule has 0 saturated heterocycles. The molecule has 5 aromatic rings. The number of nitrogens with one attached hydrogen (secondary N) is 3. The summed E-state index contributed by atoms with van der Waals surface area (Å²) in [5.41, 5.74) is 3.11. The second-order valence-electron chi connectivity index (χ2n) is 9.41. The van der Waals surface area contributed by atoms with Crippen molar-refractivity contribution in [2.24, 2.45) is 0 Å². The number of hydrogen-bond acceptors (Lipinski definition) is 7. The monoisotopic (exact) mass is 639 g/mol. The number of pyridine rings is 1. The predicted octanol–water partition coefficient (Wildman–Crippen LogP) is 7.39. The molecule has 3 N–H and O–H groups in total. The molecule has 11 heteroatoms. The number of hydrogen-bond donors (Lipinski definition) is 3. The van der Waals surface area contributed by atoms with E-state index in [4.69, 9.17) is 11.6 Å². The Morgan fingerprint density at radius 1 is 0.932 bits per heavy atom. The first-order valence-electron chi connectivity index (χ1n) is 13.4. The van der Waals surface area contributed by atoms with Gasteiger partial charge in [-0.2, -0.15) is 0 Å². The highest BCUT2D eigenvalue weighted by Gasteiger charge is 2.19. The summed E-state index contributed by atoms with van der Waals surface area (Å²) in [6.07, 6.45) is 4.78. The van der Waals surface area contributed by atoms with Gasteiger partial charge in [0.2, 0.25) is 5.91 Å². The number of aromatic nitrogens is 2. The molecule has 1 atom stereocenters. The summed E-state index contributed by atoms with van der Waals surface area (Å²) in [4.78, 5) is 48.5. The Labute approximate surface area is 267 Å². The van der Waals surface area contributed by atoms with E-state index in [0.29, 0.717) is 32.7 Å². The molecule has 0 fully saturated rings. The maximum Gasteiger partial charge on any atom is 0.272 e. The molecule has 2 aromatic heterocycles. The van der Waals surface area contributed by atoms with Crippen LogP contribution < -0.4 is 16.0 Å². The summed E-state index contributed by atoms with van der Waals surface area (Å²) in [6, 6.07) is 26.7. The van der Waals surface area contributed by atoms with Crippen LogP contribution in [0, 0.1) is 0 Å². The van der Waals surface area contributed by atoms with E-state index in [1.807, 2.05) is 35.7 Å². The topological polar surface area (TPSA) is 113 Å². The molecule has 0 aliphatic heterocycles. The van der Waals surface area contributed by atoms with Crippen LogP contribution in [0.25, 0.3) is 17.3 Å². The average molecular weight is 640 g/mol. The SMILES string of the molecule is CC(Sc1cccc(NC(=O)/C(=C/c2cccnc2)NC(=O)c2ccccc2)c1)C(=O)Nc1nc(-c2ccccc2Cl)cs1. The van der Waals surface area contributed by atoms with Crippen LogP contribution in [0.1, 0.15) is 22.8 Å². The van der Waals surface area contributed by atoms with Gasteiger partial charge in [0.1, 0.15) is 5.70 Å². The average Bonchev–Trinajstić information content (AvgIpc) is 3.50. The van der Waals surface area contributed by atoms with Gasteiger partial charge in [-0.1, -0.05) is 60.1 Å². The minimum Gasteiger partial charge on any atom is -0.321 e. The van der Waals surface area contributed by atoms with Crippen LogP contribution in [-0.2, 0) is 9.59 Å². The number of thiazole rings is 1. The van der Waals surface area contributed by atoms with Crippen LogP contribution in [-0.4, -0.2) is 32.9 Å². The van der Waals surface area contributed by atoms with Crippen LogP contribution >= 0.6 is 34.7 Å². The lowest BCUT2D eigenvalue weighted by molar-refractivity contribution is -0.115. The molecule has 44 heavy (non-hydrogen) atoms. The third-order valence-electron chi connectivity index (χ3n) is 6.18. The summed E-state index contributed by atoms with van der Waals surface area (Å²) >= 11 is 8.94. The number of halogens is 1. The number of carbonyl (C=O) groups is 3. The lowest BCUT2D eigenvalue weighted by Gasteiger charge is -2.13. The van der Waals surface area contributed by atoms with E-state index < -0.39 is 17.1 Å². The Morgan fingerprint density at radius 3 is 2.50 bits per heavy atom. The van der Waals surface area contributed by atoms with Gasteiger partial charge in [-0.15, -0.1) is 23.1 Å². The molecule has 1 unspecified atom stereocenters. The van der Waals surface area contributed by atoms with Crippen molar-refractivity contribution in [3.63, 3.8) is 0 Å². The molecule has 0 saturated carbocycles. The van der Waals surface area contributed by atoms with Crippen molar-refractivity contribution in [1.82, 2.24) is 15.3 Å². The standard InChI is InChI=1S/C33H26ClN5O3S2/c1-21(30(40)39-33-38-29(20-43-33)26-14-5-6-15-27(26)34)44-25-13-7-12-24(18-25)36-32(42)28(17-22-9-8-16-35-19-22)37-31(41)23-10-3-2-4-11-23/h2-21H,1H3,(H,36,42)(H,37,41)(H,38,39,40)/b28-17-. The van der Waals surface area contributed by atoms with Gasteiger partial charge in [0.25, 0.3) is 11.8 Å². The molecular formula is C33H26ClN5O3S2. The van der Waals surface area contributed by atoms with Crippen LogP contribution in [0.15, 0.2) is 119 Å². The lowest BCUT2D eigenvalue weighted by Crippen LogP contribution is -2.30. The molecule has 0 radical (unpaired) electrons. The van der Waals surface area contributed by atoms with Crippen LogP contribution in [0.2, 0.25) is 5.02 Å².